The summed E-state index contributed by atoms with van der Waals surface area (Å²) in [6, 6.07) is 6.54. The third-order valence-corrected chi connectivity index (χ3v) is 3.56. The van der Waals surface area contributed by atoms with E-state index in [-0.39, 0.29) is 0 Å². The summed E-state index contributed by atoms with van der Waals surface area (Å²) >= 11 is 5.28. The number of aryl methyl sites for hydroxylation is 2. The zero-order valence-electron chi connectivity index (χ0n) is 11.5. The van der Waals surface area contributed by atoms with Crippen molar-refractivity contribution in [1.29, 1.82) is 0 Å². The van der Waals surface area contributed by atoms with Gasteiger partial charge in [0.2, 0.25) is 0 Å². The van der Waals surface area contributed by atoms with Gasteiger partial charge in [0.15, 0.2) is 5.11 Å². The molecule has 0 bridgehead atoms. The Labute approximate surface area is 120 Å². The molecule has 19 heavy (non-hydrogen) atoms. The highest BCUT2D eigenvalue weighted by Crippen LogP contribution is 2.24. The van der Waals surface area contributed by atoms with E-state index in [0.29, 0.717) is 5.11 Å². The molecule has 0 saturated heterocycles. The minimum absolute atomic E-state index is 0.689. The second-order valence-corrected chi connectivity index (χ2v) is 5.18. The van der Waals surface area contributed by atoms with Gasteiger partial charge in [-0.1, -0.05) is 6.07 Å². The van der Waals surface area contributed by atoms with Gasteiger partial charge in [-0.25, -0.2) is 0 Å². The van der Waals surface area contributed by atoms with Crippen molar-refractivity contribution in [3.05, 3.63) is 29.3 Å². The second-order valence-electron chi connectivity index (χ2n) is 4.77. The Morgan fingerprint density at radius 3 is 3.00 bits per heavy atom. The normalized spacial score (nSPS) is 13.1. The monoisotopic (exact) mass is 278 g/mol. The zero-order valence-corrected chi connectivity index (χ0v) is 12.3. The molecule has 0 radical (unpaired) electrons. The van der Waals surface area contributed by atoms with E-state index in [2.05, 4.69) is 28.8 Å². The first kappa shape index (κ1) is 14.3. The molecule has 0 saturated carbocycles. The molecule has 0 atom stereocenters. The fourth-order valence-corrected chi connectivity index (χ4v) is 2.57. The quantitative estimate of drug-likeness (QED) is 0.619. The lowest BCUT2D eigenvalue weighted by atomic mass is 10.1. The summed E-state index contributed by atoms with van der Waals surface area (Å²) < 4.78 is 5.28. The SMILES string of the molecule is CCOCCCNC(=S)Nc1ccc2c(c1)CCC2. The summed E-state index contributed by atoms with van der Waals surface area (Å²) in [6.07, 6.45) is 4.66. The minimum atomic E-state index is 0.689. The summed E-state index contributed by atoms with van der Waals surface area (Å²) in [6.45, 7) is 4.41. The Kier molecular flexibility index (Phi) is 5.61. The van der Waals surface area contributed by atoms with Crippen LogP contribution in [0.1, 0.15) is 30.9 Å². The number of hydrogen-bond acceptors (Lipinski definition) is 2. The van der Waals surface area contributed by atoms with Gasteiger partial charge in [-0.05, 0) is 68.1 Å². The summed E-state index contributed by atoms with van der Waals surface area (Å²) in [5.74, 6) is 0. The van der Waals surface area contributed by atoms with Crippen LogP contribution in [0.15, 0.2) is 18.2 Å². The average Bonchev–Trinajstić information content (AvgIpc) is 2.86. The standard InChI is InChI=1S/C15H22N2OS/c1-2-18-10-4-9-16-15(19)17-14-8-7-12-5-3-6-13(12)11-14/h7-8,11H,2-6,9-10H2,1H3,(H2,16,17,19). The number of anilines is 1. The lowest BCUT2D eigenvalue weighted by Crippen LogP contribution is -2.29. The van der Waals surface area contributed by atoms with Crippen molar-refractivity contribution in [3.63, 3.8) is 0 Å². The Morgan fingerprint density at radius 2 is 2.16 bits per heavy atom. The van der Waals surface area contributed by atoms with Gasteiger partial charge in [-0.15, -0.1) is 0 Å². The van der Waals surface area contributed by atoms with Gasteiger partial charge in [-0.3, -0.25) is 0 Å². The molecule has 2 rings (SSSR count). The molecule has 1 aromatic carbocycles. The first-order valence-electron chi connectivity index (χ1n) is 7.04. The summed E-state index contributed by atoms with van der Waals surface area (Å²) in [5.41, 5.74) is 4.04. The second kappa shape index (κ2) is 7.46. The van der Waals surface area contributed by atoms with Gasteiger partial charge in [0.05, 0.1) is 0 Å². The number of ether oxygens (including phenoxy) is 1. The number of fused-ring (bicyclic) bond motifs is 1. The highest BCUT2D eigenvalue weighted by atomic mass is 32.1. The van der Waals surface area contributed by atoms with Crippen LogP contribution in [0.4, 0.5) is 5.69 Å². The topological polar surface area (TPSA) is 33.3 Å². The summed E-state index contributed by atoms with van der Waals surface area (Å²) in [5, 5.41) is 7.13. The van der Waals surface area contributed by atoms with Gasteiger partial charge in [0, 0.05) is 25.4 Å². The molecular weight excluding hydrogens is 256 g/mol. The highest BCUT2D eigenvalue weighted by molar-refractivity contribution is 7.80. The summed E-state index contributed by atoms with van der Waals surface area (Å²) in [7, 11) is 0. The van der Waals surface area contributed by atoms with Crippen molar-refractivity contribution in [2.45, 2.75) is 32.6 Å². The van der Waals surface area contributed by atoms with Crippen LogP contribution >= 0.6 is 12.2 Å². The van der Waals surface area contributed by atoms with Crippen LogP contribution in [0, 0.1) is 0 Å². The Bertz CT molecular complexity index is 434. The van der Waals surface area contributed by atoms with E-state index in [4.69, 9.17) is 17.0 Å². The predicted molar refractivity (Wildman–Crippen MR) is 83.8 cm³/mol. The molecule has 104 valence electrons. The van der Waals surface area contributed by atoms with E-state index < -0.39 is 0 Å². The van der Waals surface area contributed by atoms with Crippen molar-refractivity contribution in [1.82, 2.24) is 5.32 Å². The zero-order chi connectivity index (χ0) is 13.5. The molecule has 1 aromatic rings. The molecule has 3 nitrogen and oxygen atoms in total. The molecule has 0 heterocycles. The van der Waals surface area contributed by atoms with Crippen molar-refractivity contribution < 1.29 is 4.74 Å². The molecule has 2 N–H and O–H groups in total. The van der Waals surface area contributed by atoms with Gasteiger partial charge >= 0.3 is 0 Å². The maximum absolute atomic E-state index is 5.28. The lowest BCUT2D eigenvalue weighted by molar-refractivity contribution is 0.146. The molecule has 1 aliphatic carbocycles. The Balaban J connectivity index is 1.73. The van der Waals surface area contributed by atoms with Crippen LogP contribution in [-0.4, -0.2) is 24.9 Å². The van der Waals surface area contributed by atoms with Crippen LogP contribution in [0.2, 0.25) is 0 Å². The number of hydrogen-bond donors (Lipinski definition) is 2. The fourth-order valence-electron chi connectivity index (χ4n) is 2.35. The molecule has 0 spiro atoms. The van der Waals surface area contributed by atoms with Gasteiger partial charge in [0.1, 0.15) is 0 Å². The number of thiocarbonyl (C=S) groups is 1. The largest absolute Gasteiger partial charge is 0.382 e. The first-order valence-corrected chi connectivity index (χ1v) is 7.45. The summed E-state index contributed by atoms with van der Waals surface area (Å²) in [4.78, 5) is 0. The van der Waals surface area contributed by atoms with Crippen LogP contribution < -0.4 is 10.6 Å². The highest BCUT2D eigenvalue weighted by Gasteiger charge is 2.10. The number of nitrogens with one attached hydrogen (secondary N) is 2. The molecule has 0 aliphatic heterocycles. The smallest absolute Gasteiger partial charge is 0.170 e. The van der Waals surface area contributed by atoms with Crippen molar-refractivity contribution in [2.75, 3.05) is 25.1 Å². The third kappa shape index (κ3) is 4.48. The van der Waals surface area contributed by atoms with E-state index in [9.17, 15) is 0 Å². The van der Waals surface area contributed by atoms with E-state index in [1.807, 2.05) is 6.92 Å². The van der Waals surface area contributed by atoms with Crippen molar-refractivity contribution in [3.8, 4) is 0 Å². The van der Waals surface area contributed by atoms with E-state index in [1.54, 1.807) is 0 Å². The Morgan fingerprint density at radius 1 is 1.32 bits per heavy atom. The van der Waals surface area contributed by atoms with Gasteiger partial charge < -0.3 is 15.4 Å². The first-order chi connectivity index (χ1) is 9.29. The van der Waals surface area contributed by atoms with E-state index in [1.165, 1.54) is 30.4 Å². The fraction of sp³-hybridized carbons (Fsp3) is 0.533. The van der Waals surface area contributed by atoms with Gasteiger partial charge in [-0.2, -0.15) is 0 Å². The minimum Gasteiger partial charge on any atom is -0.382 e. The van der Waals surface area contributed by atoms with E-state index >= 15 is 0 Å². The van der Waals surface area contributed by atoms with Crippen LogP contribution in [0.5, 0.6) is 0 Å². The Hall–Kier alpha value is -1.13. The molecule has 0 fully saturated rings. The van der Waals surface area contributed by atoms with Gasteiger partial charge in [0.25, 0.3) is 0 Å². The molecule has 1 aliphatic rings. The maximum atomic E-state index is 5.28. The maximum Gasteiger partial charge on any atom is 0.170 e. The molecule has 0 aromatic heterocycles. The average molecular weight is 278 g/mol. The van der Waals surface area contributed by atoms with Crippen LogP contribution in [-0.2, 0) is 17.6 Å². The molecule has 4 heteroatoms. The number of benzene rings is 1. The predicted octanol–water partition coefficient (Wildman–Crippen LogP) is 2.89. The van der Waals surface area contributed by atoms with E-state index in [0.717, 1.165) is 31.9 Å². The molecule has 0 amide bonds. The third-order valence-electron chi connectivity index (χ3n) is 3.31. The number of rotatable bonds is 6. The van der Waals surface area contributed by atoms with Crippen molar-refractivity contribution >= 4 is 23.0 Å². The molecular formula is C15H22N2OS. The molecule has 0 unspecified atom stereocenters. The van der Waals surface area contributed by atoms with Crippen LogP contribution in [0.3, 0.4) is 0 Å². The van der Waals surface area contributed by atoms with Crippen molar-refractivity contribution in [2.24, 2.45) is 0 Å². The van der Waals surface area contributed by atoms with Crippen LogP contribution in [0.25, 0.3) is 0 Å². The lowest BCUT2D eigenvalue weighted by Gasteiger charge is -2.11.